The second-order valence-corrected chi connectivity index (χ2v) is 4.75. The van der Waals surface area contributed by atoms with E-state index in [0.717, 1.165) is 29.9 Å². The number of nitrogens with two attached hydrogens (primary N) is 2. The van der Waals surface area contributed by atoms with E-state index in [9.17, 15) is 0 Å². The molecule has 0 heterocycles. The number of guanidine groups is 1. The normalized spacial score (nSPS) is 14.4. The second-order valence-electron chi connectivity index (χ2n) is 4.75. The molecule has 1 fully saturated rings. The number of aliphatic imine (C=N–C) groups is 1. The molecule has 1 aromatic carbocycles. The van der Waals surface area contributed by atoms with E-state index in [1.54, 1.807) is 7.11 Å². The van der Waals surface area contributed by atoms with Crippen LogP contribution < -0.4 is 20.9 Å². The maximum absolute atomic E-state index is 5.97. The lowest BCUT2D eigenvalue weighted by molar-refractivity contribution is 0.200. The number of nitrogens with zero attached hydrogens (tertiary/aromatic N) is 1. The third kappa shape index (κ3) is 4.73. The first kappa shape index (κ1) is 16.9. The maximum atomic E-state index is 5.97. The zero-order chi connectivity index (χ0) is 13.7. The van der Waals surface area contributed by atoms with E-state index in [-0.39, 0.29) is 29.9 Å². The van der Waals surface area contributed by atoms with E-state index in [1.807, 2.05) is 18.2 Å². The minimum Gasteiger partial charge on any atom is -0.493 e. The van der Waals surface area contributed by atoms with Crippen LogP contribution in [0.3, 0.4) is 0 Å². The largest absolute Gasteiger partial charge is 0.493 e. The Kier molecular flexibility index (Phi) is 6.90. The van der Waals surface area contributed by atoms with Gasteiger partial charge in [-0.1, -0.05) is 6.07 Å². The number of ether oxygens (including phenoxy) is 2. The topological polar surface area (TPSA) is 82.9 Å². The fourth-order valence-corrected chi connectivity index (χ4v) is 2.28. The van der Waals surface area contributed by atoms with Gasteiger partial charge in [-0.05, 0) is 43.4 Å². The van der Waals surface area contributed by atoms with Crippen molar-refractivity contribution in [3.63, 3.8) is 0 Å². The highest BCUT2D eigenvalue weighted by Crippen LogP contribution is 2.32. The third-order valence-corrected chi connectivity index (χ3v) is 3.27. The highest BCUT2D eigenvalue weighted by molar-refractivity contribution is 14.0. The quantitative estimate of drug-likeness (QED) is 0.459. The smallest absolute Gasteiger partial charge is 0.186 e. The van der Waals surface area contributed by atoms with E-state index in [1.165, 1.54) is 12.8 Å². The molecular formula is C14H22IN3O2. The number of methoxy groups -OCH3 is 1. The molecule has 112 valence electrons. The number of benzene rings is 1. The zero-order valence-electron chi connectivity index (χ0n) is 11.7. The van der Waals surface area contributed by atoms with Crippen LogP contribution in [0.15, 0.2) is 23.2 Å². The third-order valence-electron chi connectivity index (χ3n) is 3.27. The van der Waals surface area contributed by atoms with Gasteiger partial charge in [-0.15, -0.1) is 24.0 Å². The summed E-state index contributed by atoms with van der Waals surface area (Å²) in [5.74, 6) is 1.61. The first-order chi connectivity index (χ1) is 9.19. The predicted molar refractivity (Wildman–Crippen MR) is 90.8 cm³/mol. The summed E-state index contributed by atoms with van der Waals surface area (Å²) in [6.45, 7) is 0.447. The summed E-state index contributed by atoms with van der Waals surface area (Å²) in [6, 6.07) is 5.80. The van der Waals surface area contributed by atoms with E-state index in [2.05, 4.69) is 4.99 Å². The van der Waals surface area contributed by atoms with Gasteiger partial charge in [0.25, 0.3) is 0 Å². The molecule has 1 saturated carbocycles. The predicted octanol–water partition coefficient (Wildman–Crippen LogP) is 2.41. The lowest BCUT2D eigenvalue weighted by atomic mass is 10.2. The van der Waals surface area contributed by atoms with Gasteiger partial charge in [0.15, 0.2) is 17.5 Å². The molecule has 5 nitrogen and oxygen atoms in total. The average Bonchev–Trinajstić information content (AvgIpc) is 2.90. The molecular weight excluding hydrogens is 369 g/mol. The lowest BCUT2D eigenvalue weighted by Crippen LogP contribution is -2.22. The molecule has 0 aliphatic heterocycles. The van der Waals surface area contributed by atoms with Crippen LogP contribution in [0.5, 0.6) is 11.5 Å². The first-order valence-electron chi connectivity index (χ1n) is 6.58. The molecule has 0 spiro atoms. The van der Waals surface area contributed by atoms with Crippen LogP contribution in [-0.4, -0.2) is 19.2 Å². The van der Waals surface area contributed by atoms with Crippen molar-refractivity contribution < 1.29 is 9.47 Å². The van der Waals surface area contributed by atoms with Gasteiger partial charge >= 0.3 is 0 Å². The maximum Gasteiger partial charge on any atom is 0.186 e. The van der Waals surface area contributed by atoms with Crippen LogP contribution in [0.1, 0.15) is 31.2 Å². The zero-order valence-corrected chi connectivity index (χ0v) is 14.0. The standard InChI is InChI=1S/C14H21N3O2.HI/c1-18-13-8-10(9-17-14(15)16)6-7-12(13)19-11-4-2-3-5-11;/h6-8,11H,2-5,9H2,1H3,(H4,15,16,17);1H. The Balaban J connectivity index is 0.00000200. The second kappa shape index (κ2) is 8.18. The van der Waals surface area contributed by atoms with Crippen molar-refractivity contribution in [1.82, 2.24) is 0 Å². The summed E-state index contributed by atoms with van der Waals surface area (Å²) in [4.78, 5) is 3.98. The summed E-state index contributed by atoms with van der Waals surface area (Å²) < 4.78 is 11.3. The Hall–Kier alpha value is -1.18. The van der Waals surface area contributed by atoms with Gasteiger partial charge < -0.3 is 20.9 Å². The summed E-state index contributed by atoms with van der Waals surface area (Å²) in [7, 11) is 1.64. The molecule has 1 aliphatic carbocycles. The van der Waals surface area contributed by atoms with Gasteiger partial charge in [0.05, 0.1) is 19.8 Å². The minimum atomic E-state index is 0. The van der Waals surface area contributed by atoms with Gasteiger partial charge in [-0.2, -0.15) is 0 Å². The molecule has 6 heteroatoms. The van der Waals surface area contributed by atoms with Gasteiger partial charge in [0, 0.05) is 0 Å². The van der Waals surface area contributed by atoms with E-state index < -0.39 is 0 Å². The molecule has 20 heavy (non-hydrogen) atoms. The van der Waals surface area contributed by atoms with Crippen molar-refractivity contribution >= 4 is 29.9 Å². The number of rotatable bonds is 5. The molecule has 0 amide bonds. The Morgan fingerprint density at radius 2 is 1.95 bits per heavy atom. The van der Waals surface area contributed by atoms with Crippen LogP contribution in [0.4, 0.5) is 0 Å². The summed E-state index contributed by atoms with van der Waals surface area (Å²) >= 11 is 0. The molecule has 0 aromatic heterocycles. The molecule has 0 unspecified atom stereocenters. The lowest BCUT2D eigenvalue weighted by Gasteiger charge is -2.16. The highest BCUT2D eigenvalue weighted by Gasteiger charge is 2.18. The molecule has 4 N–H and O–H groups in total. The van der Waals surface area contributed by atoms with E-state index in [0.29, 0.717) is 12.6 Å². The number of halogens is 1. The highest BCUT2D eigenvalue weighted by atomic mass is 127. The Morgan fingerprint density at radius 3 is 2.55 bits per heavy atom. The van der Waals surface area contributed by atoms with Crippen LogP contribution in [0.2, 0.25) is 0 Å². The van der Waals surface area contributed by atoms with Gasteiger partial charge in [-0.3, -0.25) is 0 Å². The van der Waals surface area contributed by atoms with Crippen molar-refractivity contribution in [2.24, 2.45) is 16.5 Å². The molecule has 1 aromatic rings. The first-order valence-corrected chi connectivity index (χ1v) is 6.58. The SMILES string of the molecule is COc1cc(CN=C(N)N)ccc1OC1CCCC1.I. The summed E-state index contributed by atoms with van der Waals surface area (Å²) in [5, 5.41) is 0. The van der Waals surface area contributed by atoms with Crippen molar-refractivity contribution in [1.29, 1.82) is 0 Å². The summed E-state index contributed by atoms with van der Waals surface area (Å²) in [5.41, 5.74) is 11.6. The molecule has 0 bridgehead atoms. The van der Waals surface area contributed by atoms with Crippen LogP contribution in [0, 0.1) is 0 Å². The van der Waals surface area contributed by atoms with Crippen molar-refractivity contribution in [2.75, 3.05) is 7.11 Å². The summed E-state index contributed by atoms with van der Waals surface area (Å²) in [6.07, 6.45) is 5.06. The molecule has 0 radical (unpaired) electrons. The van der Waals surface area contributed by atoms with Crippen LogP contribution in [-0.2, 0) is 6.54 Å². The van der Waals surface area contributed by atoms with Crippen molar-refractivity contribution in [3.8, 4) is 11.5 Å². The van der Waals surface area contributed by atoms with Crippen molar-refractivity contribution in [3.05, 3.63) is 23.8 Å². The van der Waals surface area contributed by atoms with Crippen molar-refractivity contribution in [2.45, 2.75) is 38.3 Å². The Bertz CT molecular complexity index is 456. The monoisotopic (exact) mass is 391 g/mol. The van der Waals surface area contributed by atoms with Gasteiger partial charge in [-0.25, -0.2) is 4.99 Å². The van der Waals surface area contributed by atoms with E-state index >= 15 is 0 Å². The average molecular weight is 391 g/mol. The number of hydrogen-bond acceptors (Lipinski definition) is 3. The molecule has 1 aliphatic rings. The molecule has 2 rings (SSSR count). The minimum absolute atomic E-state index is 0. The Morgan fingerprint density at radius 1 is 1.25 bits per heavy atom. The number of hydrogen-bond donors (Lipinski definition) is 2. The molecule has 0 atom stereocenters. The van der Waals surface area contributed by atoms with Gasteiger partial charge in [0.2, 0.25) is 0 Å². The molecule has 0 saturated heterocycles. The van der Waals surface area contributed by atoms with E-state index in [4.69, 9.17) is 20.9 Å². The van der Waals surface area contributed by atoms with Crippen LogP contribution >= 0.6 is 24.0 Å². The fraction of sp³-hybridized carbons (Fsp3) is 0.500. The Labute approximate surface area is 136 Å². The van der Waals surface area contributed by atoms with Gasteiger partial charge in [0.1, 0.15) is 0 Å². The van der Waals surface area contributed by atoms with Crippen LogP contribution in [0.25, 0.3) is 0 Å². The fourth-order valence-electron chi connectivity index (χ4n) is 2.28.